The summed E-state index contributed by atoms with van der Waals surface area (Å²) in [5, 5.41) is 2.94. The summed E-state index contributed by atoms with van der Waals surface area (Å²) in [5.41, 5.74) is 0.824. The van der Waals surface area contributed by atoms with E-state index >= 15 is 0 Å². The minimum atomic E-state index is -0.0798. The first kappa shape index (κ1) is 19.0. The number of nitrogens with zero attached hydrogens (tertiary/aromatic N) is 3. The average molecular weight is 420 g/mol. The van der Waals surface area contributed by atoms with E-state index in [1.54, 1.807) is 18.0 Å². The van der Waals surface area contributed by atoms with Gasteiger partial charge in [0.15, 0.2) is 11.1 Å². The van der Waals surface area contributed by atoms with Crippen molar-refractivity contribution < 1.29 is 13.9 Å². The number of amidine groups is 1. The number of likely N-dealkylation sites (N-methyl/N-ethyl adjacent to an activating group) is 1. The Morgan fingerprint density at radius 1 is 1.03 bits per heavy atom. The molecule has 7 heteroatoms. The summed E-state index contributed by atoms with van der Waals surface area (Å²) in [7, 11) is 1.75. The molecule has 152 valence electrons. The Hall–Kier alpha value is -3.03. The summed E-state index contributed by atoms with van der Waals surface area (Å²) in [6, 6.07) is 18.0. The van der Waals surface area contributed by atoms with E-state index in [-0.39, 0.29) is 5.91 Å². The van der Waals surface area contributed by atoms with Gasteiger partial charge in [0, 0.05) is 32.3 Å². The largest absolute Gasteiger partial charge is 0.441 e. The van der Waals surface area contributed by atoms with E-state index in [0.29, 0.717) is 29.0 Å². The Morgan fingerprint density at radius 2 is 1.83 bits per heavy atom. The lowest BCUT2D eigenvalue weighted by molar-refractivity contribution is -0.121. The van der Waals surface area contributed by atoms with Gasteiger partial charge in [-0.05, 0) is 40.7 Å². The fourth-order valence-corrected chi connectivity index (χ4v) is 4.48. The molecular weight excluding hydrogens is 398 g/mol. The number of aliphatic imine (C=N–C) groups is 1. The smallest absolute Gasteiger partial charge is 0.266 e. The number of furan rings is 1. The number of rotatable bonds is 3. The highest BCUT2D eigenvalue weighted by Gasteiger charge is 2.30. The van der Waals surface area contributed by atoms with Crippen molar-refractivity contribution in [2.24, 2.45) is 4.99 Å². The molecule has 0 bridgehead atoms. The van der Waals surface area contributed by atoms with Crippen LogP contribution in [0.3, 0.4) is 0 Å². The van der Waals surface area contributed by atoms with E-state index in [2.05, 4.69) is 17.0 Å². The van der Waals surface area contributed by atoms with Crippen molar-refractivity contribution in [1.82, 2.24) is 4.90 Å². The van der Waals surface area contributed by atoms with Crippen LogP contribution in [-0.4, -0.2) is 49.3 Å². The third-order valence-corrected chi connectivity index (χ3v) is 6.23. The van der Waals surface area contributed by atoms with Crippen molar-refractivity contribution in [2.45, 2.75) is 0 Å². The number of amides is 1. The van der Waals surface area contributed by atoms with Crippen molar-refractivity contribution >= 4 is 51.3 Å². The standard InChI is InChI=1S/C23H21N3O3S/c1-25-22(27)20(15-19-8-9-21(29-19)26-10-12-28-13-11-26)30-23(25)24-18-7-6-16-4-2-3-5-17(16)14-18/h2-9,14-15H,10-13H2,1H3/b20-15-,24-23?. The molecule has 0 saturated carbocycles. The fraction of sp³-hybridized carbons (Fsp3) is 0.217. The highest BCUT2D eigenvalue weighted by Crippen LogP contribution is 2.34. The van der Waals surface area contributed by atoms with Gasteiger partial charge in [0.25, 0.3) is 5.91 Å². The molecule has 2 aliphatic heterocycles. The number of benzene rings is 2. The van der Waals surface area contributed by atoms with Crippen LogP contribution < -0.4 is 4.90 Å². The number of morpholine rings is 1. The number of fused-ring (bicyclic) bond motifs is 1. The molecule has 2 aromatic carbocycles. The molecule has 2 saturated heterocycles. The van der Waals surface area contributed by atoms with Gasteiger partial charge in [-0.1, -0.05) is 30.3 Å². The summed E-state index contributed by atoms with van der Waals surface area (Å²) in [4.78, 5) is 21.7. The van der Waals surface area contributed by atoms with Crippen LogP contribution in [0.4, 0.5) is 11.6 Å². The molecule has 0 unspecified atom stereocenters. The lowest BCUT2D eigenvalue weighted by atomic mass is 10.1. The quantitative estimate of drug-likeness (QED) is 0.585. The van der Waals surface area contributed by atoms with Crippen LogP contribution in [0.2, 0.25) is 0 Å². The van der Waals surface area contributed by atoms with Crippen LogP contribution in [0.15, 0.2) is 68.9 Å². The Labute approximate surface area is 178 Å². The molecular formula is C23H21N3O3S. The zero-order valence-electron chi connectivity index (χ0n) is 16.6. The second-order valence-corrected chi connectivity index (χ2v) is 8.19. The van der Waals surface area contributed by atoms with Crippen LogP contribution in [-0.2, 0) is 9.53 Å². The predicted octanol–water partition coefficient (Wildman–Crippen LogP) is 4.50. The predicted molar refractivity (Wildman–Crippen MR) is 121 cm³/mol. The summed E-state index contributed by atoms with van der Waals surface area (Å²) < 4.78 is 11.3. The van der Waals surface area contributed by atoms with Gasteiger partial charge >= 0.3 is 0 Å². The van der Waals surface area contributed by atoms with Crippen LogP contribution in [0.1, 0.15) is 5.76 Å². The van der Waals surface area contributed by atoms with Crippen molar-refractivity contribution in [3.05, 3.63) is 65.3 Å². The average Bonchev–Trinajstić information content (AvgIpc) is 3.35. The maximum absolute atomic E-state index is 12.7. The molecule has 0 atom stereocenters. The van der Waals surface area contributed by atoms with E-state index in [4.69, 9.17) is 14.1 Å². The molecule has 5 rings (SSSR count). The van der Waals surface area contributed by atoms with Gasteiger partial charge in [0.05, 0.1) is 23.8 Å². The van der Waals surface area contributed by atoms with Crippen molar-refractivity contribution in [1.29, 1.82) is 0 Å². The molecule has 0 N–H and O–H groups in total. The monoisotopic (exact) mass is 419 g/mol. The number of thioether (sulfide) groups is 1. The van der Waals surface area contributed by atoms with Crippen molar-refractivity contribution in [2.75, 3.05) is 38.3 Å². The first-order valence-electron chi connectivity index (χ1n) is 9.85. The minimum absolute atomic E-state index is 0.0798. The lowest BCUT2D eigenvalue weighted by Crippen LogP contribution is -2.35. The lowest BCUT2D eigenvalue weighted by Gasteiger charge is -2.26. The number of carbonyl (C=O) groups excluding carboxylic acids is 1. The first-order chi connectivity index (χ1) is 14.7. The molecule has 30 heavy (non-hydrogen) atoms. The maximum atomic E-state index is 12.7. The molecule has 6 nitrogen and oxygen atoms in total. The molecule has 1 aromatic heterocycles. The summed E-state index contributed by atoms with van der Waals surface area (Å²) in [6.45, 7) is 3.01. The maximum Gasteiger partial charge on any atom is 0.266 e. The molecule has 0 radical (unpaired) electrons. The van der Waals surface area contributed by atoms with E-state index < -0.39 is 0 Å². The van der Waals surface area contributed by atoms with Crippen LogP contribution in [0, 0.1) is 0 Å². The van der Waals surface area contributed by atoms with Gasteiger partial charge < -0.3 is 14.1 Å². The van der Waals surface area contributed by atoms with Gasteiger partial charge in [-0.2, -0.15) is 0 Å². The number of anilines is 1. The van der Waals surface area contributed by atoms with E-state index in [1.165, 1.54) is 17.1 Å². The topological polar surface area (TPSA) is 58.3 Å². The van der Waals surface area contributed by atoms with Gasteiger partial charge in [-0.25, -0.2) is 4.99 Å². The Bertz CT molecular complexity index is 1160. The Balaban J connectivity index is 1.38. The zero-order chi connectivity index (χ0) is 20.5. The SMILES string of the molecule is CN1C(=O)/C(=C/c2ccc(N3CCOCC3)o2)SC1=Nc1ccc2ccccc2c1. The second-order valence-electron chi connectivity index (χ2n) is 7.18. The number of carbonyl (C=O) groups is 1. The van der Waals surface area contributed by atoms with Gasteiger partial charge in [0.1, 0.15) is 5.76 Å². The number of hydrogen-bond acceptors (Lipinski definition) is 6. The summed E-state index contributed by atoms with van der Waals surface area (Å²) in [5.74, 6) is 1.38. The fourth-order valence-electron chi connectivity index (χ4n) is 3.51. The van der Waals surface area contributed by atoms with Gasteiger partial charge in [-0.15, -0.1) is 0 Å². The molecule has 0 spiro atoms. The van der Waals surface area contributed by atoms with Crippen molar-refractivity contribution in [3.63, 3.8) is 0 Å². The summed E-state index contributed by atoms with van der Waals surface area (Å²) >= 11 is 1.36. The third-order valence-electron chi connectivity index (χ3n) is 5.17. The van der Waals surface area contributed by atoms with E-state index in [1.807, 2.05) is 42.5 Å². The van der Waals surface area contributed by atoms with Gasteiger partial charge in [-0.3, -0.25) is 9.69 Å². The molecule has 2 aliphatic rings. The zero-order valence-corrected chi connectivity index (χ0v) is 17.4. The molecule has 1 amide bonds. The minimum Gasteiger partial charge on any atom is -0.441 e. The molecule has 2 fully saturated rings. The summed E-state index contributed by atoms with van der Waals surface area (Å²) in [6.07, 6.45) is 1.79. The number of hydrogen-bond donors (Lipinski definition) is 0. The highest BCUT2D eigenvalue weighted by molar-refractivity contribution is 8.18. The third kappa shape index (κ3) is 3.74. The van der Waals surface area contributed by atoms with E-state index in [9.17, 15) is 4.79 Å². The molecule has 3 heterocycles. The normalized spacial score (nSPS) is 20.1. The van der Waals surface area contributed by atoms with E-state index in [0.717, 1.165) is 30.0 Å². The Morgan fingerprint density at radius 3 is 2.67 bits per heavy atom. The van der Waals surface area contributed by atoms with Gasteiger partial charge in [0.2, 0.25) is 0 Å². The highest BCUT2D eigenvalue weighted by atomic mass is 32.2. The van der Waals surface area contributed by atoms with Crippen molar-refractivity contribution in [3.8, 4) is 0 Å². The van der Waals surface area contributed by atoms with Crippen LogP contribution in [0.5, 0.6) is 0 Å². The van der Waals surface area contributed by atoms with Crippen LogP contribution in [0.25, 0.3) is 16.8 Å². The molecule has 0 aliphatic carbocycles. The Kier molecular flexibility index (Phi) is 5.06. The first-order valence-corrected chi connectivity index (χ1v) is 10.7. The molecule has 3 aromatic rings. The number of ether oxygens (including phenoxy) is 1. The van der Waals surface area contributed by atoms with Crippen LogP contribution >= 0.6 is 11.8 Å². The second kappa shape index (κ2) is 8.01.